The van der Waals surface area contributed by atoms with Crippen molar-refractivity contribution in [2.24, 2.45) is 0 Å². The summed E-state index contributed by atoms with van der Waals surface area (Å²) in [6, 6.07) is 14.7. The average Bonchev–Trinajstić information content (AvgIpc) is 3.13. The van der Waals surface area contributed by atoms with Crippen molar-refractivity contribution >= 4 is 23.1 Å². The molecule has 2 aromatic carbocycles. The fraction of sp³-hybridized carbons (Fsp3) is 0.222. The predicted molar refractivity (Wildman–Crippen MR) is 129 cm³/mol. The standard InChI is InChI=1S/C27H26N2O5/c1-4-15-34-22-10-5-19(16-17(22)2)25(30)23-24(18-11-13-28-14-12-18)29(27(32)26(23)31)20-6-8-21(33-3)9-7-20/h5-14,16,24,30H,4,15H2,1-3H3/b25-23-. The van der Waals surface area contributed by atoms with Crippen LogP contribution in [0.2, 0.25) is 0 Å². The molecule has 174 valence electrons. The fourth-order valence-corrected chi connectivity index (χ4v) is 4.03. The summed E-state index contributed by atoms with van der Waals surface area (Å²) in [7, 11) is 1.55. The van der Waals surface area contributed by atoms with Crippen LogP contribution in [0, 0.1) is 6.92 Å². The van der Waals surface area contributed by atoms with E-state index in [0.717, 1.165) is 12.0 Å². The summed E-state index contributed by atoms with van der Waals surface area (Å²) < 4.78 is 10.9. The molecule has 4 rings (SSSR count). The van der Waals surface area contributed by atoms with Gasteiger partial charge in [0, 0.05) is 23.6 Å². The summed E-state index contributed by atoms with van der Waals surface area (Å²) >= 11 is 0. The fourth-order valence-electron chi connectivity index (χ4n) is 4.03. The molecular formula is C27H26N2O5. The number of aromatic nitrogens is 1. The second-order valence-electron chi connectivity index (χ2n) is 7.98. The third-order valence-electron chi connectivity index (χ3n) is 5.73. The number of benzene rings is 2. The molecule has 1 aliphatic rings. The molecule has 1 saturated heterocycles. The Labute approximate surface area is 198 Å². The summed E-state index contributed by atoms with van der Waals surface area (Å²) in [6.07, 6.45) is 4.06. The van der Waals surface area contributed by atoms with Crippen molar-refractivity contribution in [2.45, 2.75) is 26.3 Å². The number of amides is 1. The predicted octanol–water partition coefficient (Wildman–Crippen LogP) is 4.81. The number of ether oxygens (including phenoxy) is 2. The minimum atomic E-state index is -0.812. The first-order valence-electron chi connectivity index (χ1n) is 11.0. The number of hydrogen-bond donors (Lipinski definition) is 1. The van der Waals surface area contributed by atoms with E-state index >= 15 is 0 Å². The van der Waals surface area contributed by atoms with Crippen molar-refractivity contribution in [1.29, 1.82) is 0 Å². The smallest absolute Gasteiger partial charge is 0.300 e. The van der Waals surface area contributed by atoms with Gasteiger partial charge in [0.25, 0.3) is 11.7 Å². The molecule has 0 aliphatic carbocycles. The molecule has 2 heterocycles. The van der Waals surface area contributed by atoms with E-state index in [4.69, 9.17) is 9.47 Å². The maximum Gasteiger partial charge on any atom is 0.300 e. The van der Waals surface area contributed by atoms with Gasteiger partial charge in [-0.3, -0.25) is 19.5 Å². The highest BCUT2D eigenvalue weighted by molar-refractivity contribution is 6.51. The number of hydrogen-bond acceptors (Lipinski definition) is 6. The molecular weight excluding hydrogens is 432 g/mol. The van der Waals surface area contributed by atoms with Crippen LogP contribution in [0.3, 0.4) is 0 Å². The largest absolute Gasteiger partial charge is 0.507 e. The molecule has 1 aromatic heterocycles. The molecule has 1 aliphatic heterocycles. The number of aliphatic hydroxyl groups is 1. The monoisotopic (exact) mass is 458 g/mol. The van der Waals surface area contributed by atoms with E-state index in [1.54, 1.807) is 74.1 Å². The van der Waals surface area contributed by atoms with Crippen LogP contribution >= 0.6 is 0 Å². The lowest BCUT2D eigenvalue weighted by Gasteiger charge is -2.25. The number of carbonyl (C=O) groups excluding carboxylic acids is 2. The SMILES string of the molecule is CCCOc1ccc(/C(O)=C2/C(=O)C(=O)N(c3ccc(OC)cc3)C2c2ccncc2)cc1C. The first-order valence-corrected chi connectivity index (χ1v) is 11.0. The zero-order chi connectivity index (χ0) is 24.2. The lowest BCUT2D eigenvalue weighted by Crippen LogP contribution is -2.29. The maximum absolute atomic E-state index is 13.2. The van der Waals surface area contributed by atoms with Gasteiger partial charge in [0.1, 0.15) is 17.3 Å². The Morgan fingerprint density at radius 3 is 2.38 bits per heavy atom. The van der Waals surface area contributed by atoms with Gasteiger partial charge in [0.15, 0.2) is 0 Å². The zero-order valence-electron chi connectivity index (χ0n) is 19.3. The van der Waals surface area contributed by atoms with Crippen LogP contribution in [0.1, 0.15) is 36.1 Å². The van der Waals surface area contributed by atoms with Crippen LogP contribution in [0.4, 0.5) is 5.69 Å². The highest BCUT2D eigenvalue weighted by Gasteiger charge is 2.47. The van der Waals surface area contributed by atoms with Gasteiger partial charge in [-0.1, -0.05) is 6.92 Å². The summed E-state index contributed by atoms with van der Waals surface area (Å²) in [5, 5.41) is 11.3. The number of pyridine rings is 1. The Morgan fingerprint density at radius 1 is 1.06 bits per heavy atom. The Balaban J connectivity index is 1.84. The van der Waals surface area contributed by atoms with Gasteiger partial charge >= 0.3 is 0 Å². The number of aryl methyl sites for hydroxylation is 1. The summed E-state index contributed by atoms with van der Waals surface area (Å²) in [5.41, 5.74) is 2.46. The second kappa shape index (κ2) is 9.79. The number of Topliss-reactive ketones (excluding diaryl/α,β-unsaturated/α-hetero) is 1. The van der Waals surface area contributed by atoms with E-state index in [1.165, 1.54) is 4.90 Å². The molecule has 7 nitrogen and oxygen atoms in total. The van der Waals surface area contributed by atoms with E-state index in [9.17, 15) is 14.7 Å². The van der Waals surface area contributed by atoms with Gasteiger partial charge in [-0.2, -0.15) is 0 Å². The van der Waals surface area contributed by atoms with Gasteiger partial charge in [-0.05, 0) is 79.1 Å². The Kier molecular flexibility index (Phi) is 6.63. The van der Waals surface area contributed by atoms with Crippen LogP contribution in [-0.4, -0.2) is 35.5 Å². The molecule has 0 bridgehead atoms. The molecule has 3 aromatic rings. The highest BCUT2D eigenvalue weighted by atomic mass is 16.5. The molecule has 1 atom stereocenters. The molecule has 0 spiro atoms. The van der Waals surface area contributed by atoms with Crippen molar-refractivity contribution in [1.82, 2.24) is 4.98 Å². The molecule has 34 heavy (non-hydrogen) atoms. The van der Waals surface area contributed by atoms with Crippen molar-refractivity contribution in [2.75, 3.05) is 18.6 Å². The normalized spacial score (nSPS) is 17.1. The van der Waals surface area contributed by atoms with Crippen LogP contribution < -0.4 is 14.4 Å². The van der Waals surface area contributed by atoms with Crippen LogP contribution in [0.5, 0.6) is 11.5 Å². The van der Waals surface area contributed by atoms with Crippen molar-refractivity contribution in [3.05, 3.63) is 89.3 Å². The number of anilines is 1. The Hall–Kier alpha value is -4.13. The molecule has 1 unspecified atom stereocenters. The summed E-state index contributed by atoms with van der Waals surface area (Å²) in [6.45, 7) is 4.48. The quantitative estimate of drug-likeness (QED) is 0.310. The second-order valence-corrected chi connectivity index (χ2v) is 7.98. The Morgan fingerprint density at radius 2 is 1.76 bits per heavy atom. The first kappa shape index (κ1) is 23.0. The number of carbonyl (C=O) groups is 2. The van der Waals surface area contributed by atoms with Crippen LogP contribution in [0.25, 0.3) is 5.76 Å². The maximum atomic E-state index is 13.2. The minimum Gasteiger partial charge on any atom is -0.507 e. The lowest BCUT2D eigenvalue weighted by molar-refractivity contribution is -0.132. The third-order valence-corrected chi connectivity index (χ3v) is 5.73. The van der Waals surface area contributed by atoms with E-state index in [2.05, 4.69) is 4.98 Å². The highest BCUT2D eigenvalue weighted by Crippen LogP contribution is 2.42. The van der Waals surface area contributed by atoms with Gasteiger partial charge < -0.3 is 14.6 Å². The summed E-state index contributed by atoms with van der Waals surface area (Å²) in [5.74, 6) is -0.363. The number of methoxy groups -OCH3 is 1. The average molecular weight is 459 g/mol. The van der Waals surface area contributed by atoms with Crippen molar-refractivity contribution < 1.29 is 24.2 Å². The van der Waals surface area contributed by atoms with E-state index in [0.29, 0.717) is 34.9 Å². The van der Waals surface area contributed by atoms with Gasteiger partial charge in [-0.25, -0.2) is 0 Å². The molecule has 0 saturated carbocycles. The lowest BCUT2D eigenvalue weighted by atomic mass is 9.95. The number of aliphatic hydroxyl groups excluding tert-OH is 1. The van der Waals surface area contributed by atoms with E-state index < -0.39 is 17.7 Å². The van der Waals surface area contributed by atoms with Crippen LogP contribution in [0.15, 0.2) is 72.6 Å². The molecule has 0 radical (unpaired) electrons. The third kappa shape index (κ3) is 4.24. The van der Waals surface area contributed by atoms with E-state index in [1.807, 2.05) is 13.8 Å². The van der Waals surface area contributed by atoms with Crippen LogP contribution in [-0.2, 0) is 9.59 Å². The molecule has 1 amide bonds. The molecule has 1 fully saturated rings. The topological polar surface area (TPSA) is 89.0 Å². The van der Waals surface area contributed by atoms with E-state index in [-0.39, 0.29) is 11.3 Å². The summed E-state index contributed by atoms with van der Waals surface area (Å²) in [4.78, 5) is 31.9. The first-order chi connectivity index (χ1) is 16.5. The number of nitrogens with zero attached hydrogens (tertiary/aromatic N) is 2. The molecule has 1 N–H and O–H groups in total. The Bertz CT molecular complexity index is 1240. The number of rotatable bonds is 7. The van der Waals surface area contributed by atoms with Gasteiger partial charge in [0.05, 0.1) is 25.3 Å². The minimum absolute atomic E-state index is 0.0219. The van der Waals surface area contributed by atoms with Gasteiger partial charge in [0.2, 0.25) is 0 Å². The van der Waals surface area contributed by atoms with Gasteiger partial charge in [-0.15, -0.1) is 0 Å². The van der Waals surface area contributed by atoms with Crippen molar-refractivity contribution in [3.63, 3.8) is 0 Å². The number of ketones is 1. The molecule has 7 heteroatoms. The van der Waals surface area contributed by atoms with Crippen molar-refractivity contribution in [3.8, 4) is 11.5 Å². The zero-order valence-corrected chi connectivity index (χ0v) is 19.3.